The molecule has 1 aromatic rings. The number of carbonyl (C=O) groups excluding carboxylic acids is 2. The summed E-state index contributed by atoms with van der Waals surface area (Å²) < 4.78 is 4.97. The van der Waals surface area contributed by atoms with E-state index in [2.05, 4.69) is 10.3 Å². The van der Waals surface area contributed by atoms with Crippen LogP contribution in [-0.2, 0) is 9.53 Å². The van der Waals surface area contributed by atoms with Crippen molar-refractivity contribution in [2.45, 2.75) is 6.42 Å². The summed E-state index contributed by atoms with van der Waals surface area (Å²) >= 11 is 5.92. The average Bonchev–Trinajstić information content (AvgIpc) is 2.83. The molecule has 7 heteroatoms. The molecule has 1 fully saturated rings. The second-order valence-electron chi connectivity index (χ2n) is 4.97. The predicted molar refractivity (Wildman–Crippen MR) is 78.1 cm³/mol. The third-order valence-corrected chi connectivity index (χ3v) is 3.73. The summed E-state index contributed by atoms with van der Waals surface area (Å²) in [6.45, 7) is 2.21. The van der Waals surface area contributed by atoms with Crippen molar-refractivity contribution in [3.63, 3.8) is 0 Å². The number of methoxy groups -OCH3 is 1. The number of likely N-dealkylation sites (tertiary alicyclic amines) is 1. The zero-order valence-corrected chi connectivity index (χ0v) is 12.6. The number of aromatic nitrogens is 1. The van der Waals surface area contributed by atoms with Gasteiger partial charge in [-0.15, -0.1) is 0 Å². The van der Waals surface area contributed by atoms with Crippen LogP contribution in [0.2, 0.25) is 5.02 Å². The third-order valence-electron chi connectivity index (χ3n) is 3.43. The Kier molecular flexibility index (Phi) is 5.52. The molecule has 1 aromatic heterocycles. The molecule has 1 unspecified atom stereocenters. The van der Waals surface area contributed by atoms with Gasteiger partial charge in [-0.3, -0.25) is 14.6 Å². The summed E-state index contributed by atoms with van der Waals surface area (Å²) in [5.74, 6) is -0.0163. The molecule has 1 saturated heterocycles. The molecule has 2 rings (SSSR count). The summed E-state index contributed by atoms with van der Waals surface area (Å²) in [6, 6.07) is 1.57. The Bertz CT molecular complexity index is 524. The number of amides is 2. The molecule has 114 valence electrons. The molecule has 1 N–H and O–H groups in total. The highest BCUT2D eigenvalue weighted by atomic mass is 35.5. The minimum Gasteiger partial charge on any atom is -0.383 e. The van der Waals surface area contributed by atoms with Gasteiger partial charge in [-0.2, -0.15) is 0 Å². The van der Waals surface area contributed by atoms with Crippen molar-refractivity contribution in [2.24, 2.45) is 5.92 Å². The number of hydrogen-bond donors (Lipinski definition) is 1. The molecule has 1 aliphatic heterocycles. The lowest BCUT2D eigenvalue weighted by Gasteiger charge is -2.16. The molecule has 0 spiro atoms. The van der Waals surface area contributed by atoms with Crippen LogP contribution >= 0.6 is 11.6 Å². The summed E-state index contributed by atoms with van der Waals surface area (Å²) in [5, 5.41) is 3.14. The zero-order chi connectivity index (χ0) is 15.2. The minimum absolute atomic E-state index is 0.105. The minimum atomic E-state index is -0.245. The second-order valence-corrected chi connectivity index (χ2v) is 5.38. The van der Waals surface area contributed by atoms with Gasteiger partial charge in [0, 0.05) is 51.5 Å². The highest BCUT2D eigenvalue weighted by Crippen LogP contribution is 2.17. The van der Waals surface area contributed by atoms with Crippen LogP contribution < -0.4 is 5.32 Å². The van der Waals surface area contributed by atoms with Crippen molar-refractivity contribution in [1.29, 1.82) is 0 Å². The van der Waals surface area contributed by atoms with Crippen LogP contribution in [0.15, 0.2) is 18.5 Å². The Morgan fingerprint density at radius 2 is 2.43 bits per heavy atom. The van der Waals surface area contributed by atoms with Gasteiger partial charge in [0.15, 0.2) is 0 Å². The second kappa shape index (κ2) is 7.38. The van der Waals surface area contributed by atoms with Crippen LogP contribution in [0.1, 0.15) is 16.8 Å². The van der Waals surface area contributed by atoms with Crippen LogP contribution in [0, 0.1) is 5.92 Å². The molecular weight excluding hydrogens is 294 g/mol. The van der Waals surface area contributed by atoms with Gasteiger partial charge in [-0.25, -0.2) is 0 Å². The van der Waals surface area contributed by atoms with Crippen LogP contribution in [0.4, 0.5) is 0 Å². The van der Waals surface area contributed by atoms with Gasteiger partial charge in [-0.05, 0) is 6.07 Å². The number of nitrogens with zero attached hydrogens (tertiary/aromatic N) is 2. The lowest BCUT2D eigenvalue weighted by atomic mass is 10.1. The monoisotopic (exact) mass is 311 g/mol. The van der Waals surface area contributed by atoms with E-state index in [1.807, 2.05) is 0 Å². The number of carbonyl (C=O) groups is 2. The molecule has 2 heterocycles. The van der Waals surface area contributed by atoms with Crippen LogP contribution in [-0.4, -0.2) is 55.0 Å². The van der Waals surface area contributed by atoms with Crippen molar-refractivity contribution in [3.8, 4) is 0 Å². The van der Waals surface area contributed by atoms with E-state index in [-0.39, 0.29) is 17.7 Å². The molecule has 6 nitrogen and oxygen atoms in total. The lowest BCUT2D eigenvalue weighted by Crippen LogP contribution is -2.32. The maximum atomic E-state index is 12.0. The fourth-order valence-corrected chi connectivity index (χ4v) is 2.51. The SMILES string of the molecule is COCCN1CC(CNC(=O)c2ccncc2Cl)CC1=O. The fraction of sp³-hybridized carbons (Fsp3) is 0.500. The molecule has 1 atom stereocenters. The van der Waals surface area contributed by atoms with Gasteiger partial charge in [-0.1, -0.05) is 11.6 Å². The molecule has 0 saturated carbocycles. The molecular formula is C14H18ClN3O3. The number of rotatable bonds is 6. The van der Waals surface area contributed by atoms with E-state index in [0.717, 1.165) is 0 Å². The standard InChI is InChI=1S/C14H18ClN3O3/c1-21-5-4-18-9-10(6-13(18)19)7-17-14(20)11-2-3-16-8-12(11)15/h2-3,8,10H,4-7,9H2,1H3,(H,17,20). The molecule has 21 heavy (non-hydrogen) atoms. The highest BCUT2D eigenvalue weighted by Gasteiger charge is 2.29. The van der Waals surface area contributed by atoms with Crippen molar-refractivity contribution in [2.75, 3.05) is 33.4 Å². The smallest absolute Gasteiger partial charge is 0.252 e. The number of halogens is 1. The van der Waals surface area contributed by atoms with Gasteiger partial charge < -0.3 is 15.0 Å². The molecule has 0 aliphatic carbocycles. The molecule has 2 amide bonds. The van der Waals surface area contributed by atoms with Gasteiger partial charge >= 0.3 is 0 Å². The van der Waals surface area contributed by atoms with E-state index in [1.54, 1.807) is 18.1 Å². The largest absolute Gasteiger partial charge is 0.383 e. The Morgan fingerprint density at radius 1 is 1.62 bits per heavy atom. The predicted octanol–water partition coefficient (Wildman–Crippen LogP) is 0.960. The maximum Gasteiger partial charge on any atom is 0.252 e. The fourth-order valence-electron chi connectivity index (χ4n) is 2.30. The summed E-state index contributed by atoms with van der Waals surface area (Å²) in [5.41, 5.74) is 0.396. The van der Waals surface area contributed by atoms with Crippen LogP contribution in [0.3, 0.4) is 0 Å². The maximum absolute atomic E-state index is 12.0. The Balaban J connectivity index is 1.83. The van der Waals surface area contributed by atoms with Crippen LogP contribution in [0.25, 0.3) is 0 Å². The van der Waals surface area contributed by atoms with E-state index in [4.69, 9.17) is 16.3 Å². The van der Waals surface area contributed by atoms with Crippen molar-refractivity contribution >= 4 is 23.4 Å². The van der Waals surface area contributed by atoms with E-state index < -0.39 is 0 Å². The van der Waals surface area contributed by atoms with E-state index in [0.29, 0.717) is 43.2 Å². The molecule has 1 aliphatic rings. The van der Waals surface area contributed by atoms with E-state index in [9.17, 15) is 9.59 Å². The Hall–Kier alpha value is -1.66. The number of pyridine rings is 1. The first-order chi connectivity index (χ1) is 10.1. The first-order valence-corrected chi connectivity index (χ1v) is 7.14. The van der Waals surface area contributed by atoms with Gasteiger partial charge in [0.2, 0.25) is 5.91 Å². The topological polar surface area (TPSA) is 71.5 Å². The van der Waals surface area contributed by atoms with Crippen LogP contribution in [0.5, 0.6) is 0 Å². The number of hydrogen-bond acceptors (Lipinski definition) is 4. The normalized spacial score (nSPS) is 18.1. The van der Waals surface area contributed by atoms with Crippen molar-refractivity contribution in [3.05, 3.63) is 29.0 Å². The third kappa shape index (κ3) is 4.15. The van der Waals surface area contributed by atoms with E-state index in [1.165, 1.54) is 12.4 Å². The first kappa shape index (κ1) is 15.7. The molecule has 0 bridgehead atoms. The zero-order valence-electron chi connectivity index (χ0n) is 11.8. The van der Waals surface area contributed by atoms with Crippen molar-refractivity contribution in [1.82, 2.24) is 15.2 Å². The molecule has 0 radical (unpaired) electrons. The summed E-state index contributed by atoms with van der Waals surface area (Å²) in [7, 11) is 1.61. The van der Waals surface area contributed by atoms with Crippen molar-refractivity contribution < 1.29 is 14.3 Å². The Morgan fingerprint density at radius 3 is 3.14 bits per heavy atom. The number of ether oxygens (including phenoxy) is 1. The highest BCUT2D eigenvalue weighted by molar-refractivity contribution is 6.33. The summed E-state index contributed by atoms with van der Waals surface area (Å²) in [4.78, 5) is 29.4. The van der Waals surface area contributed by atoms with E-state index >= 15 is 0 Å². The van der Waals surface area contributed by atoms with Gasteiger partial charge in [0.25, 0.3) is 5.91 Å². The number of nitrogens with one attached hydrogen (secondary N) is 1. The first-order valence-electron chi connectivity index (χ1n) is 6.76. The lowest BCUT2D eigenvalue weighted by molar-refractivity contribution is -0.128. The summed E-state index contributed by atoms with van der Waals surface area (Å²) in [6.07, 6.45) is 3.41. The Labute approximate surface area is 128 Å². The quantitative estimate of drug-likeness (QED) is 0.849. The van der Waals surface area contributed by atoms with Gasteiger partial charge in [0.1, 0.15) is 0 Å². The molecule has 0 aromatic carbocycles. The van der Waals surface area contributed by atoms with Gasteiger partial charge in [0.05, 0.1) is 17.2 Å². The average molecular weight is 312 g/mol.